The molecule has 2 N–H and O–H groups in total. The van der Waals surface area contributed by atoms with Gasteiger partial charge in [0.25, 0.3) is 0 Å². The van der Waals surface area contributed by atoms with Crippen LogP contribution in [0.25, 0.3) is 0 Å². The van der Waals surface area contributed by atoms with Gasteiger partial charge in [0.15, 0.2) is 6.10 Å². The van der Waals surface area contributed by atoms with Crippen molar-refractivity contribution < 1.29 is 33.5 Å². The SMILES string of the molecule is O=C(CC(O)C(=O)O)OP(=O)=O. The molecule has 0 bridgehead atoms. The molecule has 0 aromatic carbocycles. The van der Waals surface area contributed by atoms with E-state index in [9.17, 15) is 18.7 Å². The summed E-state index contributed by atoms with van der Waals surface area (Å²) in [7, 11) is -3.34. The van der Waals surface area contributed by atoms with Gasteiger partial charge in [0.2, 0.25) is 0 Å². The summed E-state index contributed by atoms with van der Waals surface area (Å²) >= 11 is 0. The second kappa shape index (κ2) is 4.63. The maximum Gasteiger partial charge on any atom is 0.531 e. The van der Waals surface area contributed by atoms with Crippen molar-refractivity contribution >= 4 is 19.8 Å². The van der Waals surface area contributed by atoms with Gasteiger partial charge in [0.05, 0.1) is 6.42 Å². The average molecular weight is 196 g/mol. The quantitative estimate of drug-likeness (QED) is 0.579. The zero-order chi connectivity index (χ0) is 9.72. The zero-order valence-electron chi connectivity index (χ0n) is 5.67. The summed E-state index contributed by atoms with van der Waals surface area (Å²) in [4.78, 5) is 20.3. The van der Waals surface area contributed by atoms with E-state index in [1.165, 1.54) is 0 Å². The smallest absolute Gasteiger partial charge is 0.479 e. The molecule has 0 fully saturated rings. The molecule has 7 nitrogen and oxygen atoms in total. The second-order valence-corrected chi connectivity index (χ2v) is 2.37. The molecule has 0 aliphatic carbocycles. The maximum atomic E-state index is 10.3. The second-order valence-electron chi connectivity index (χ2n) is 1.75. The highest BCUT2D eigenvalue weighted by molar-refractivity contribution is 7.25. The summed E-state index contributed by atoms with van der Waals surface area (Å²) in [6.45, 7) is 0. The van der Waals surface area contributed by atoms with Crippen LogP contribution in [0.3, 0.4) is 0 Å². The topological polar surface area (TPSA) is 118 Å². The number of carboxylic acids is 1. The van der Waals surface area contributed by atoms with Crippen LogP contribution < -0.4 is 0 Å². The lowest BCUT2D eigenvalue weighted by Crippen LogP contribution is -2.23. The first-order valence-electron chi connectivity index (χ1n) is 2.69. The monoisotopic (exact) mass is 196 g/mol. The van der Waals surface area contributed by atoms with Crippen molar-refractivity contribution in [3.8, 4) is 0 Å². The molecule has 0 saturated heterocycles. The highest BCUT2D eigenvalue weighted by Crippen LogP contribution is 2.07. The van der Waals surface area contributed by atoms with Crippen molar-refractivity contribution in [2.24, 2.45) is 0 Å². The molecule has 12 heavy (non-hydrogen) atoms. The van der Waals surface area contributed by atoms with Gasteiger partial charge < -0.3 is 14.7 Å². The van der Waals surface area contributed by atoms with Crippen LogP contribution >= 0.6 is 7.91 Å². The third kappa shape index (κ3) is 4.59. The molecule has 1 unspecified atom stereocenters. The Morgan fingerprint density at radius 2 is 1.92 bits per heavy atom. The molecular weight excluding hydrogens is 191 g/mol. The minimum Gasteiger partial charge on any atom is -0.479 e. The van der Waals surface area contributed by atoms with Gasteiger partial charge in [-0.25, -0.2) is 4.79 Å². The van der Waals surface area contributed by atoms with Crippen molar-refractivity contribution in [2.45, 2.75) is 12.5 Å². The fourth-order valence-electron chi connectivity index (χ4n) is 0.366. The van der Waals surface area contributed by atoms with Crippen LogP contribution in [0.5, 0.6) is 0 Å². The van der Waals surface area contributed by atoms with E-state index in [1.807, 2.05) is 0 Å². The van der Waals surface area contributed by atoms with Crippen LogP contribution in [0, 0.1) is 0 Å². The van der Waals surface area contributed by atoms with E-state index in [0.717, 1.165) is 0 Å². The van der Waals surface area contributed by atoms with Gasteiger partial charge in [-0.3, -0.25) is 4.79 Å². The van der Waals surface area contributed by atoms with Gasteiger partial charge in [0.1, 0.15) is 0 Å². The largest absolute Gasteiger partial charge is 0.531 e. The van der Waals surface area contributed by atoms with Crippen LogP contribution in [0.15, 0.2) is 0 Å². The Balaban J connectivity index is 3.93. The van der Waals surface area contributed by atoms with Gasteiger partial charge in [-0.05, 0) is 0 Å². The van der Waals surface area contributed by atoms with E-state index in [0.29, 0.717) is 0 Å². The predicted octanol–water partition coefficient (Wildman–Crippen LogP) is -0.547. The Morgan fingerprint density at radius 3 is 2.25 bits per heavy atom. The molecular formula is C4H5O7P. The molecule has 8 heteroatoms. The van der Waals surface area contributed by atoms with Crippen molar-refractivity contribution in [1.29, 1.82) is 0 Å². The number of rotatable bonds is 4. The first-order chi connectivity index (χ1) is 5.43. The third-order valence-electron chi connectivity index (χ3n) is 0.821. The summed E-state index contributed by atoms with van der Waals surface area (Å²) in [5, 5.41) is 16.6. The Kier molecular flexibility index (Phi) is 4.17. The maximum absolute atomic E-state index is 10.3. The van der Waals surface area contributed by atoms with Crippen LogP contribution in [-0.2, 0) is 23.2 Å². The third-order valence-corrected chi connectivity index (χ3v) is 1.17. The van der Waals surface area contributed by atoms with Crippen molar-refractivity contribution in [3.05, 3.63) is 0 Å². The van der Waals surface area contributed by atoms with Gasteiger partial charge in [-0.1, -0.05) is 0 Å². The van der Waals surface area contributed by atoms with E-state index in [-0.39, 0.29) is 0 Å². The molecule has 0 heterocycles. The summed E-state index contributed by atoms with van der Waals surface area (Å²) in [6.07, 6.45) is -2.83. The van der Waals surface area contributed by atoms with E-state index < -0.39 is 32.4 Å². The van der Waals surface area contributed by atoms with Crippen molar-refractivity contribution in [1.82, 2.24) is 0 Å². The van der Waals surface area contributed by atoms with Gasteiger partial charge >= 0.3 is 19.8 Å². The standard InChI is InChI=1S/C4H5O7P/c5-2(4(7)8)1-3(6)11-12(9)10/h2,5H,1H2,(H,7,8). The summed E-state index contributed by atoms with van der Waals surface area (Å²) in [5.41, 5.74) is 0. The molecule has 0 saturated carbocycles. The Morgan fingerprint density at radius 1 is 1.42 bits per heavy atom. The molecule has 0 amide bonds. The molecule has 0 aromatic rings. The van der Waals surface area contributed by atoms with Gasteiger partial charge in [0, 0.05) is 0 Å². The average Bonchev–Trinajstić information content (AvgIpc) is 1.84. The Labute approximate surface area is 66.9 Å². The first kappa shape index (κ1) is 10.8. The van der Waals surface area contributed by atoms with E-state index in [2.05, 4.69) is 4.52 Å². The molecule has 0 aromatic heterocycles. The highest BCUT2D eigenvalue weighted by Gasteiger charge is 2.19. The predicted molar refractivity (Wildman–Crippen MR) is 32.6 cm³/mol. The number of aliphatic hydroxyl groups is 1. The van der Waals surface area contributed by atoms with Crippen molar-refractivity contribution in [3.63, 3.8) is 0 Å². The molecule has 0 radical (unpaired) electrons. The summed E-state index contributed by atoms with van der Waals surface area (Å²) in [6, 6.07) is 0. The number of hydrogen-bond donors (Lipinski definition) is 2. The van der Waals surface area contributed by atoms with Crippen molar-refractivity contribution in [2.75, 3.05) is 0 Å². The lowest BCUT2D eigenvalue weighted by molar-refractivity contribution is -0.151. The highest BCUT2D eigenvalue weighted by atomic mass is 31.1. The van der Waals surface area contributed by atoms with E-state index in [4.69, 9.17) is 10.2 Å². The zero-order valence-corrected chi connectivity index (χ0v) is 6.56. The van der Waals surface area contributed by atoms with E-state index in [1.54, 1.807) is 0 Å². The Hall–Kier alpha value is -1.20. The molecule has 0 aliphatic heterocycles. The number of aliphatic carboxylic acids is 1. The number of hydrogen-bond acceptors (Lipinski definition) is 6. The fourth-order valence-corrected chi connectivity index (χ4v) is 0.606. The van der Waals surface area contributed by atoms with Crippen LogP contribution in [0.2, 0.25) is 0 Å². The normalized spacial score (nSPS) is 11.8. The number of aliphatic hydroxyl groups excluding tert-OH is 1. The molecule has 0 aliphatic rings. The minimum atomic E-state index is -3.34. The van der Waals surface area contributed by atoms with Gasteiger partial charge in [-0.15, -0.1) is 0 Å². The molecule has 0 rings (SSSR count). The molecule has 0 spiro atoms. The fraction of sp³-hybridized carbons (Fsp3) is 0.500. The number of carbonyl (C=O) groups is 2. The summed E-state index contributed by atoms with van der Waals surface area (Å²) in [5.74, 6) is -2.92. The van der Waals surface area contributed by atoms with Gasteiger partial charge in [-0.2, -0.15) is 9.13 Å². The number of carboxylic acid groups (broad SMARTS) is 1. The minimum absolute atomic E-state index is 0.890. The van der Waals surface area contributed by atoms with E-state index >= 15 is 0 Å². The van der Waals surface area contributed by atoms with Crippen LogP contribution in [-0.4, -0.2) is 28.3 Å². The lowest BCUT2D eigenvalue weighted by Gasteiger charge is -2.00. The summed E-state index contributed by atoms with van der Waals surface area (Å²) < 4.78 is 23.0. The lowest BCUT2D eigenvalue weighted by atomic mass is 10.3. The van der Waals surface area contributed by atoms with Crippen LogP contribution in [0.1, 0.15) is 6.42 Å². The first-order valence-corrected chi connectivity index (χ1v) is 3.79. The number of carbonyl (C=O) groups excluding carboxylic acids is 1. The molecule has 1 atom stereocenters. The van der Waals surface area contributed by atoms with Crippen LogP contribution in [0.4, 0.5) is 0 Å². The molecule has 68 valence electrons. The Bertz CT molecular complexity index is 246.